The van der Waals surface area contributed by atoms with Crippen LogP contribution in [0.1, 0.15) is 48.5 Å². The molecule has 1 aromatic heterocycles. The Morgan fingerprint density at radius 1 is 1.17 bits per heavy atom. The fourth-order valence-electron chi connectivity index (χ4n) is 3.79. The quantitative estimate of drug-likeness (QED) is 0.563. The normalized spacial score (nSPS) is 17.1. The van der Waals surface area contributed by atoms with Crippen molar-refractivity contribution in [3.05, 3.63) is 59.3 Å². The number of nitrogens with zero attached hydrogens (tertiary/aromatic N) is 2. The lowest BCUT2D eigenvalue weighted by Crippen LogP contribution is -2.33. The Kier molecular flexibility index (Phi) is 8.02. The van der Waals surface area contributed by atoms with Gasteiger partial charge in [-0.1, -0.05) is 42.3 Å². The Morgan fingerprint density at radius 3 is 2.47 bits per heavy atom. The van der Waals surface area contributed by atoms with E-state index in [2.05, 4.69) is 20.7 Å². The number of aromatic nitrogens is 1. The maximum Gasteiger partial charge on any atom is 0.408 e. The van der Waals surface area contributed by atoms with Gasteiger partial charge in [-0.25, -0.2) is 9.71 Å². The van der Waals surface area contributed by atoms with Gasteiger partial charge in [-0.15, -0.1) is 0 Å². The highest BCUT2D eigenvalue weighted by atomic mass is 32.2. The summed E-state index contributed by atoms with van der Waals surface area (Å²) in [6.07, 6.45) is -0.706. The molecule has 1 aliphatic heterocycles. The van der Waals surface area contributed by atoms with Crippen molar-refractivity contribution in [1.82, 2.24) is 14.6 Å². The van der Waals surface area contributed by atoms with Gasteiger partial charge in [0, 0.05) is 24.2 Å². The molecule has 1 N–H and O–H groups in total. The van der Waals surface area contributed by atoms with Crippen LogP contribution in [0.5, 0.6) is 5.88 Å². The molecule has 1 aromatic carbocycles. The molecule has 4 nitrogen and oxygen atoms in total. The number of nitrogens with one attached hydrogen (secondary N) is 1. The summed E-state index contributed by atoms with van der Waals surface area (Å²) >= 11 is 0.975. The first-order valence-electron chi connectivity index (χ1n) is 10.2. The van der Waals surface area contributed by atoms with Crippen LogP contribution in [0.3, 0.4) is 0 Å². The molecule has 2 heterocycles. The van der Waals surface area contributed by atoms with E-state index in [0.717, 1.165) is 55.7 Å². The van der Waals surface area contributed by atoms with Crippen molar-refractivity contribution in [2.24, 2.45) is 0 Å². The monoisotopic (exact) mass is 439 g/mol. The first kappa shape index (κ1) is 22.9. The Labute approximate surface area is 180 Å². The first-order chi connectivity index (χ1) is 14.4. The summed E-state index contributed by atoms with van der Waals surface area (Å²) in [6, 6.07) is 11.0. The lowest BCUT2D eigenvalue weighted by Gasteiger charge is -2.32. The molecule has 3 rings (SSSR count). The molecule has 0 saturated carbocycles. The van der Waals surface area contributed by atoms with Gasteiger partial charge in [0.1, 0.15) is 6.04 Å². The summed E-state index contributed by atoms with van der Waals surface area (Å²) < 4.78 is 47.6. The first-order valence-corrected chi connectivity index (χ1v) is 11.4. The van der Waals surface area contributed by atoms with E-state index in [1.807, 2.05) is 19.1 Å². The Morgan fingerprint density at radius 2 is 1.87 bits per heavy atom. The number of hydrogen-bond acceptors (Lipinski definition) is 5. The zero-order chi connectivity index (χ0) is 21.6. The molecule has 2 aromatic rings. The third-order valence-corrected chi connectivity index (χ3v) is 5.80. The Bertz CT molecular complexity index is 793. The molecule has 0 amide bonds. The molecule has 1 aliphatic rings. The second-order valence-electron chi connectivity index (χ2n) is 7.42. The van der Waals surface area contributed by atoms with E-state index in [1.165, 1.54) is 0 Å². The summed E-state index contributed by atoms with van der Waals surface area (Å²) in [4.78, 5) is 6.96. The predicted octanol–water partition coefficient (Wildman–Crippen LogP) is 5.33. The highest BCUT2D eigenvalue weighted by Crippen LogP contribution is 2.34. The summed E-state index contributed by atoms with van der Waals surface area (Å²) in [5.41, 5.74) is 2.34. The van der Waals surface area contributed by atoms with Crippen LogP contribution in [0.15, 0.2) is 42.5 Å². The maximum absolute atomic E-state index is 13.2. The number of rotatable bonds is 8. The number of halogens is 3. The lowest BCUT2D eigenvalue weighted by atomic mass is 9.92. The summed E-state index contributed by atoms with van der Waals surface area (Å²) in [6.45, 7) is 5.16. The SMILES string of the molecule is CCOc1cccc(C2CCN(Cc3ccc([C@H](NSC)C(F)(F)F)cc3)CC2)n1. The Balaban J connectivity index is 1.55. The predicted molar refractivity (Wildman–Crippen MR) is 115 cm³/mol. The molecular weight excluding hydrogens is 411 g/mol. The van der Waals surface area contributed by atoms with Crippen molar-refractivity contribution in [2.45, 2.75) is 44.4 Å². The molecule has 0 spiro atoms. The highest BCUT2D eigenvalue weighted by Gasteiger charge is 2.40. The van der Waals surface area contributed by atoms with Crippen LogP contribution in [0.2, 0.25) is 0 Å². The van der Waals surface area contributed by atoms with Crippen LogP contribution in [-0.2, 0) is 6.54 Å². The van der Waals surface area contributed by atoms with Crippen LogP contribution >= 0.6 is 11.9 Å². The smallest absolute Gasteiger partial charge is 0.408 e. The van der Waals surface area contributed by atoms with Crippen molar-refractivity contribution < 1.29 is 17.9 Å². The topological polar surface area (TPSA) is 37.4 Å². The second kappa shape index (κ2) is 10.5. The minimum absolute atomic E-state index is 0.236. The van der Waals surface area contributed by atoms with Crippen LogP contribution in [0.25, 0.3) is 0 Å². The largest absolute Gasteiger partial charge is 0.478 e. The average molecular weight is 440 g/mol. The van der Waals surface area contributed by atoms with Gasteiger partial charge in [-0.2, -0.15) is 13.2 Å². The molecule has 1 atom stereocenters. The van der Waals surface area contributed by atoms with Crippen LogP contribution in [-0.4, -0.2) is 42.0 Å². The zero-order valence-corrected chi connectivity index (χ0v) is 18.1. The summed E-state index contributed by atoms with van der Waals surface area (Å²) in [5.74, 6) is 1.08. The number of hydrogen-bond donors (Lipinski definition) is 1. The third-order valence-electron chi connectivity index (χ3n) is 5.33. The van der Waals surface area contributed by atoms with Gasteiger partial charge in [-0.05, 0) is 56.3 Å². The fourth-order valence-corrected chi connectivity index (χ4v) is 4.29. The number of pyridine rings is 1. The number of ether oxygens (including phenoxy) is 1. The van der Waals surface area contributed by atoms with Gasteiger partial charge < -0.3 is 4.74 Å². The number of piperidine rings is 1. The molecule has 8 heteroatoms. The van der Waals surface area contributed by atoms with E-state index in [9.17, 15) is 13.2 Å². The standard InChI is InChI=1S/C22H28F3N3OS/c1-3-29-20-6-4-5-19(26-20)17-11-13-28(14-12-17)15-16-7-9-18(10-8-16)21(27-30-2)22(23,24)25/h4-10,17,21,27H,3,11-15H2,1-2H3/t21-/m0/s1. The van der Waals surface area contributed by atoms with E-state index in [0.29, 0.717) is 18.4 Å². The second-order valence-corrected chi connectivity index (χ2v) is 8.07. The molecule has 1 fully saturated rings. The number of alkyl halides is 3. The molecule has 164 valence electrons. The number of likely N-dealkylation sites (tertiary alicyclic amines) is 1. The maximum atomic E-state index is 13.2. The molecule has 0 bridgehead atoms. The van der Waals surface area contributed by atoms with Crippen molar-refractivity contribution in [2.75, 3.05) is 26.0 Å². The Hall–Kier alpha value is -1.77. The molecule has 0 aliphatic carbocycles. The third kappa shape index (κ3) is 6.12. The summed E-state index contributed by atoms with van der Waals surface area (Å²) in [5, 5.41) is 0. The highest BCUT2D eigenvalue weighted by molar-refractivity contribution is 7.96. The minimum Gasteiger partial charge on any atom is -0.478 e. The van der Waals surface area contributed by atoms with E-state index in [1.54, 1.807) is 30.5 Å². The molecule has 1 saturated heterocycles. The van der Waals surface area contributed by atoms with Crippen molar-refractivity contribution >= 4 is 11.9 Å². The van der Waals surface area contributed by atoms with Gasteiger partial charge in [0.2, 0.25) is 5.88 Å². The van der Waals surface area contributed by atoms with Crippen molar-refractivity contribution in [3.8, 4) is 5.88 Å². The van der Waals surface area contributed by atoms with E-state index in [-0.39, 0.29) is 5.56 Å². The summed E-state index contributed by atoms with van der Waals surface area (Å²) in [7, 11) is 0. The van der Waals surface area contributed by atoms with Gasteiger partial charge >= 0.3 is 6.18 Å². The number of benzene rings is 1. The molecule has 30 heavy (non-hydrogen) atoms. The lowest BCUT2D eigenvalue weighted by molar-refractivity contribution is -0.152. The van der Waals surface area contributed by atoms with Crippen molar-refractivity contribution in [3.63, 3.8) is 0 Å². The average Bonchev–Trinajstić information content (AvgIpc) is 2.73. The van der Waals surface area contributed by atoms with Crippen molar-refractivity contribution in [1.29, 1.82) is 0 Å². The molecular formula is C22H28F3N3OS. The molecule has 0 radical (unpaired) electrons. The van der Waals surface area contributed by atoms with Gasteiger partial charge in [0.05, 0.1) is 6.61 Å². The minimum atomic E-state index is -4.32. The van der Waals surface area contributed by atoms with Crippen LogP contribution in [0.4, 0.5) is 13.2 Å². The molecule has 0 unspecified atom stereocenters. The zero-order valence-electron chi connectivity index (χ0n) is 17.3. The van der Waals surface area contributed by atoms with Crippen LogP contribution in [0, 0.1) is 0 Å². The van der Waals surface area contributed by atoms with E-state index >= 15 is 0 Å². The van der Waals surface area contributed by atoms with Crippen LogP contribution < -0.4 is 9.46 Å². The van der Waals surface area contributed by atoms with Gasteiger partial charge in [-0.3, -0.25) is 4.90 Å². The van der Waals surface area contributed by atoms with Gasteiger partial charge in [0.25, 0.3) is 0 Å². The van der Waals surface area contributed by atoms with E-state index < -0.39 is 12.2 Å². The fraction of sp³-hybridized carbons (Fsp3) is 0.500. The van der Waals surface area contributed by atoms with Gasteiger partial charge in [0.15, 0.2) is 0 Å². The van der Waals surface area contributed by atoms with E-state index in [4.69, 9.17) is 4.74 Å².